The van der Waals surface area contributed by atoms with E-state index in [1.807, 2.05) is 0 Å². The van der Waals surface area contributed by atoms with E-state index in [2.05, 4.69) is 22.6 Å². The zero-order valence-corrected chi connectivity index (χ0v) is 19.7. The van der Waals surface area contributed by atoms with Gasteiger partial charge in [0.1, 0.15) is 28.1 Å². The van der Waals surface area contributed by atoms with Gasteiger partial charge in [-0.3, -0.25) is 9.59 Å². The quantitative estimate of drug-likeness (QED) is 0.225. The number of halogens is 1. The van der Waals surface area contributed by atoms with Crippen LogP contribution < -0.4 is 4.74 Å². The number of hydrogen-bond acceptors (Lipinski definition) is 9. The highest BCUT2D eigenvalue weighted by Crippen LogP contribution is 2.59. The summed E-state index contributed by atoms with van der Waals surface area (Å²) in [4.78, 5) is 37.7. The van der Waals surface area contributed by atoms with E-state index in [9.17, 15) is 27.4 Å². The van der Waals surface area contributed by atoms with E-state index in [0.29, 0.717) is 12.0 Å². The molecular formula is C22H16IO9S-. The molecule has 0 aromatic heterocycles. The number of esters is 3. The summed E-state index contributed by atoms with van der Waals surface area (Å²) in [5.74, 6) is -3.98. The van der Waals surface area contributed by atoms with Crippen LogP contribution in [0.25, 0.3) is 0 Å². The van der Waals surface area contributed by atoms with Gasteiger partial charge in [-0.05, 0) is 77.5 Å². The standard InChI is InChI=1S/C22H17IO9S/c23-11-3-1-10(2-4-11)20(24)31-18-14-9-15-17(22(26)32-19(15)18)16(14)21(25)30-12-5-7-13(8-6-12)33(27,28)29/h1-8,14-19H,9H2,(H,27,28,29)/p-1. The van der Waals surface area contributed by atoms with E-state index in [4.69, 9.17) is 14.2 Å². The summed E-state index contributed by atoms with van der Waals surface area (Å²) in [5, 5.41) is 0. The highest BCUT2D eigenvalue weighted by Gasteiger charge is 2.70. The molecule has 2 aromatic rings. The molecule has 0 N–H and O–H groups in total. The van der Waals surface area contributed by atoms with Gasteiger partial charge >= 0.3 is 17.9 Å². The lowest BCUT2D eigenvalue weighted by Crippen LogP contribution is -2.44. The van der Waals surface area contributed by atoms with Gasteiger partial charge in [0.25, 0.3) is 0 Å². The lowest BCUT2D eigenvalue weighted by Gasteiger charge is -2.30. The summed E-state index contributed by atoms with van der Waals surface area (Å²) in [6.45, 7) is 0. The topological polar surface area (TPSA) is 136 Å². The van der Waals surface area contributed by atoms with Crippen molar-refractivity contribution in [3.63, 3.8) is 0 Å². The van der Waals surface area contributed by atoms with Crippen LogP contribution in [0.3, 0.4) is 0 Å². The van der Waals surface area contributed by atoms with Crippen LogP contribution in [0.1, 0.15) is 16.8 Å². The monoisotopic (exact) mass is 583 g/mol. The van der Waals surface area contributed by atoms with Crippen LogP contribution in [0.15, 0.2) is 53.4 Å². The third-order valence-electron chi connectivity index (χ3n) is 6.47. The number of ether oxygens (including phenoxy) is 3. The Bertz CT molecular complexity index is 1240. The molecule has 1 aliphatic heterocycles. The Morgan fingerprint density at radius 2 is 1.70 bits per heavy atom. The van der Waals surface area contributed by atoms with Gasteiger partial charge in [0.2, 0.25) is 0 Å². The lowest BCUT2D eigenvalue weighted by atomic mass is 9.78. The Kier molecular flexibility index (Phi) is 5.45. The molecule has 0 radical (unpaired) electrons. The molecule has 6 unspecified atom stereocenters. The summed E-state index contributed by atoms with van der Waals surface area (Å²) in [6, 6.07) is 11.3. The lowest BCUT2D eigenvalue weighted by molar-refractivity contribution is -0.149. The van der Waals surface area contributed by atoms with Crippen molar-refractivity contribution in [2.45, 2.75) is 23.5 Å². The van der Waals surface area contributed by atoms with E-state index < -0.39 is 62.9 Å². The maximum Gasteiger partial charge on any atom is 0.338 e. The summed E-state index contributed by atoms with van der Waals surface area (Å²) >= 11 is 2.12. The van der Waals surface area contributed by atoms with Crippen LogP contribution in [-0.4, -0.2) is 43.1 Å². The fourth-order valence-corrected chi connectivity index (χ4v) is 5.93. The van der Waals surface area contributed by atoms with E-state index in [1.165, 1.54) is 12.1 Å². The largest absolute Gasteiger partial charge is 0.744 e. The smallest absolute Gasteiger partial charge is 0.338 e. The Labute approximate surface area is 202 Å². The second-order valence-corrected chi connectivity index (χ2v) is 10.9. The molecule has 9 nitrogen and oxygen atoms in total. The van der Waals surface area contributed by atoms with Gasteiger partial charge < -0.3 is 18.8 Å². The maximum atomic E-state index is 13.0. The second kappa shape index (κ2) is 8.06. The third-order valence-corrected chi connectivity index (χ3v) is 8.04. The fraction of sp³-hybridized carbons (Fsp3) is 0.318. The second-order valence-electron chi connectivity index (χ2n) is 8.24. The zero-order chi connectivity index (χ0) is 23.5. The van der Waals surface area contributed by atoms with Crippen molar-refractivity contribution in [3.05, 3.63) is 57.7 Å². The van der Waals surface area contributed by atoms with Crippen molar-refractivity contribution >= 4 is 50.6 Å². The van der Waals surface area contributed by atoms with Crippen LogP contribution in [0.5, 0.6) is 5.75 Å². The van der Waals surface area contributed by atoms with Crippen LogP contribution in [0.4, 0.5) is 0 Å². The molecule has 11 heteroatoms. The van der Waals surface area contributed by atoms with Crippen molar-refractivity contribution in [2.75, 3.05) is 0 Å². The molecule has 3 fully saturated rings. The molecule has 172 valence electrons. The summed E-state index contributed by atoms with van der Waals surface area (Å²) in [6.07, 6.45) is -0.875. The van der Waals surface area contributed by atoms with Crippen molar-refractivity contribution in [2.24, 2.45) is 23.7 Å². The minimum absolute atomic E-state index is 0.0329. The van der Waals surface area contributed by atoms with Gasteiger partial charge in [0.05, 0.1) is 22.3 Å². The molecule has 2 aliphatic carbocycles. The number of fused-ring (bicyclic) bond motifs is 1. The molecule has 3 aliphatic rings. The summed E-state index contributed by atoms with van der Waals surface area (Å²) in [7, 11) is -4.63. The van der Waals surface area contributed by atoms with Gasteiger partial charge in [-0.25, -0.2) is 13.2 Å². The number of carbonyl (C=O) groups is 3. The van der Waals surface area contributed by atoms with E-state index in [0.717, 1.165) is 15.7 Å². The molecule has 2 saturated carbocycles. The van der Waals surface area contributed by atoms with E-state index in [-0.39, 0.29) is 11.7 Å². The number of benzene rings is 2. The van der Waals surface area contributed by atoms with Gasteiger partial charge in [-0.1, -0.05) is 0 Å². The first kappa shape index (κ1) is 22.3. The first-order chi connectivity index (χ1) is 15.6. The molecule has 0 amide bonds. The van der Waals surface area contributed by atoms with Crippen LogP contribution >= 0.6 is 22.6 Å². The molecule has 0 spiro atoms. The average molecular weight is 583 g/mol. The Morgan fingerprint density at radius 3 is 2.33 bits per heavy atom. The molecule has 2 aromatic carbocycles. The third kappa shape index (κ3) is 3.91. The first-order valence-corrected chi connectivity index (χ1v) is 12.6. The fourth-order valence-electron chi connectivity index (χ4n) is 5.10. The van der Waals surface area contributed by atoms with Crippen molar-refractivity contribution in [1.29, 1.82) is 0 Å². The first-order valence-electron chi connectivity index (χ1n) is 10.1. The minimum atomic E-state index is -4.63. The summed E-state index contributed by atoms with van der Waals surface area (Å²) in [5.41, 5.74) is 0.353. The Morgan fingerprint density at radius 1 is 1.03 bits per heavy atom. The molecular weight excluding hydrogens is 567 g/mol. The normalized spacial score (nSPS) is 29.6. The van der Waals surface area contributed by atoms with Gasteiger partial charge in [-0.2, -0.15) is 0 Å². The number of hydrogen-bond donors (Lipinski definition) is 0. The van der Waals surface area contributed by atoms with Crippen LogP contribution in [0, 0.1) is 27.2 Å². The number of rotatable bonds is 5. The molecule has 33 heavy (non-hydrogen) atoms. The molecule has 1 saturated heterocycles. The highest BCUT2D eigenvalue weighted by molar-refractivity contribution is 14.1. The minimum Gasteiger partial charge on any atom is -0.744 e. The molecule has 1 heterocycles. The summed E-state index contributed by atoms with van der Waals surface area (Å²) < 4.78 is 50.7. The highest BCUT2D eigenvalue weighted by atomic mass is 127. The Hall–Kier alpha value is -2.51. The zero-order valence-electron chi connectivity index (χ0n) is 16.8. The predicted molar refractivity (Wildman–Crippen MR) is 117 cm³/mol. The Balaban J connectivity index is 1.35. The van der Waals surface area contributed by atoms with Crippen molar-refractivity contribution in [3.8, 4) is 5.75 Å². The SMILES string of the molecule is O=C(OC1C2CC3C1OC(=O)C3C2C(=O)Oc1ccc(S(=O)(=O)[O-])cc1)c1ccc(I)cc1. The maximum absolute atomic E-state index is 13.0. The van der Waals surface area contributed by atoms with Gasteiger partial charge in [-0.15, -0.1) is 0 Å². The average Bonchev–Trinajstić information content (AvgIpc) is 3.37. The molecule has 5 rings (SSSR count). The predicted octanol–water partition coefficient (Wildman–Crippen LogP) is 2.13. The van der Waals surface area contributed by atoms with Crippen LogP contribution in [0.2, 0.25) is 0 Å². The van der Waals surface area contributed by atoms with Crippen molar-refractivity contribution < 1.29 is 41.6 Å². The van der Waals surface area contributed by atoms with Gasteiger partial charge in [0.15, 0.2) is 0 Å². The molecule has 2 bridgehead atoms. The molecule has 6 atom stereocenters. The van der Waals surface area contributed by atoms with Crippen molar-refractivity contribution in [1.82, 2.24) is 0 Å². The number of carbonyl (C=O) groups excluding carboxylic acids is 3. The van der Waals surface area contributed by atoms with E-state index >= 15 is 0 Å². The van der Waals surface area contributed by atoms with Crippen LogP contribution in [-0.2, 0) is 29.2 Å². The van der Waals surface area contributed by atoms with E-state index in [1.54, 1.807) is 24.3 Å². The van der Waals surface area contributed by atoms with Gasteiger partial charge in [0, 0.05) is 15.4 Å².